The zero-order valence-electron chi connectivity index (χ0n) is 10.2. The van der Waals surface area contributed by atoms with E-state index in [1.807, 2.05) is 48.5 Å². The summed E-state index contributed by atoms with van der Waals surface area (Å²) >= 11 is 0. The molecule has 0 amide bonds. The molecule has 2 aromatic carbocycles. The number of hydrogen-bond donors (Lipinski definition) is 0. The third-order valence-corrected chi connectivity index (χ3v) is 2.74. The van der Waals surface area contributed by atoms with Crippen LogP contribution in [0, 0.1) is 0 Å². The van der Waals surface area contributed by atoms with Crippen LogP contribution < -0.4 is 4.89 Å². The molecule has 0 bridgehead atoms. The monoisotopic (exact) mass is 252 g/mol. The smallest absolute Gasteiger partial charge is 0.165 e. The molecule has 1 aromatic heterocycles. The maximum absolute atomic E-state index is 5.22. The Morgan fingerprint density at radius 2 is 1.63 bits per heavy atom. The van der Waals surface area contributed by atoms with Crippen molar-refractivity contribution in [3.05, 3.63) is 66.5 Å². The number of hydrogen-bond acceptors (Lipinski definition) is 4. The average molecular weight is 252 g/mol. The highest BCUT2D eigenvalue weighted by Gasteiger charge is 1.99. The third kappa shape index (κ3) is 2.86. The molecule has 0 aliphatic carbocycles. The Morgan fingerprint density at radius 3 is 2.47 bits per heavy atom. The van der Waals surface area contributed by atoms with E-state index >= 15 is 0 Å². The predicted octanol–water partition coefficient (Wildman–Crippen LogP) is 3.14. The van der Waals surface area contributed by atoms with Gasteiger partial charge in [0.05, 0.1) is 12.4 Å². The Labute approximate surface area is 110 Å². The van der Waals surface area contributed by atoms with Gasteiger partial charge in [0.15, 0.2) is 5.75 Å². The van der Waals surface area contributed by atoms with E-state index in [2.05, 4.69) is 10.2 Å². The number of benzene rings is 2. The molecule has 3 rings (SSSR count). The zero-order chi connectivity index (χ0) is 12.9. The Balaban J connectivity index is 1.65. The number of nitrogens with zero attached hydrogens (tertiary/aromatic N) is 2. The van der Waals surface area contributed by atoms with Gasteiger partial charge < -0.3 is 4.89 Å². The van der Waals surface area contributed by atoms with Crippen molar-refractivity contribution in [2.45, 2.75) is 6.61 Å². The summed E-state index contributed by atoms with van der Waals surface area (Å²) in [6.45, 7) is 0.382. The molecule has 0 fully saturated rings. The Hall–Kier alpha value is -2.46. The quantitative estimate of drug-likeness (QED) is 0.528. The van der Waals surface area contributed by atoms with Crippen molar-refractivity contribution in [2.24, 2.45) is 0 Å². The number of para-hydroxylation sites is 1. The van der Waals surface area contributed by atoms with E-state index in [9.17, 15) is 0 Å². The fourth-order valence-corrected chi connectivity index (χ4v) is 1.78. The first kappa shape index (κ1) is 11.6. The fourth-order valence-electron chi connectivity index (χ4n) is 1.78. The van der Waals surface area contributed by atoms with Gasteiger partial charge in [-0.15, -0.1) is 0 Å². The highest BCUT2D eigenvalue weighted by atomic mass is 17.2. The molecule has 0 aliphatic heterocycles. The lowest BCUT2D eigenvalue weighted by Crippen LogP contribution is -1.97. The first-order valence-electron chi connectivity index (χ1n) is 5.96. The largest absolute Gasteiger partial charge is 0.337 e. The van der Waals surface area contributed by atoms with Crippen LogP contribution >= 0.6 is 0 Å². The van der Waals surface area contributed by atoms with Crippen molar-refractivity contribution in [1.82, 2.24) is 10.2 Å². The third-order valence-electron chi connectivity index (χ3n) is 2.74. The molecule has 0 unspecified atom stereocenters. The van der Waals surface area contributed by atoms with Gasteiger partial charge in [-0.25, -0.2) is 0 Å². The molecular formula is C15H12N2O2. The van der Waals surface area contributed by atoms with Crippen molar-refractivity contribution in [3.63, 3.8) is 0 Å². The maximum atomic E-state index is 5.22. The number of fused-ring (bicyclic) bond motifs is 1. The summed E-state index contributed by atoms with van der Waals surface area (Å²) in [4.78, 5) is 10.4. The molecule has 0 radical (unpaired) electrons. The second kappa shape index (κ2) is 5.46. The van der Waals surface area contributed by atoms with E-state index in [1.165, 1.54) is 0 Å². The van der Waals surface area contributed by atoms with Gasteiger partial charge >= 0.3 is 0 Å². The van der Waals surface area contributed by atoms with Gasteiger partial charge in [0.1, 0.15) is 6.61 Å². The SMILES string of the molecule is c1ccc(OOCc2ccc3cnncc3c2)cc1. The fraction of sp³-hybridized carbons (Fsp3) is 0.0667. The lowest BCUT2D eigenvalue weighted by Gasteiger charge is -2.05. The van der Waals surface area contributed by atoms with Crippen LogP contribution in [-0.4, -0.2) is 10.2 Å². The van der Waals surface area contributed by atoms with Crippen LogP contribution in [0.3, 0.4) is 0 Å². The molecule has 0 saturated carbocycles. The maximum Gasteiger partial charge on any atom is 0.165 e. The van der Waals surface area contributed by atoms with Gasteiger partial charge in [0.2, 0.25) is 0 Å². The van der Waals surface area contributed by atoms with Gasteiger partial charge in [-0.3, -0.25) is 0 Å². The molecule has 4 nitrogen and oxygen atoms in total. The molecule has 0 N–H and O–H groups in total. The summed E-state index contributed by atoms with van der Waals surface area (Å²) in [6.07, 6.45) is 3.47. The van der Waals surface area contributed by atoms with Gasteiger partial charge in [-0.1, -0.05) is 30.3 Å². The van der Waals surface area contributed by atoms with Crippen molar-refractivity contribution < 1.29 is 9.78 Å². The summed E-state index contributed by atoms with van der Waals surface area (Å²) in [5.41, 5.74) is 1.02. The second-order valence-corrected chi connectivity index (χ2v) is 4.11. The minimum absolute atomic E-state index is 0.382. The first-order chi connectivity index (χ1) is 9.42. The number of rotatable bonds is 4. The van der Waals surface area contributed by atoms with E-state index in [-0.39, 0.29) is 0 Å². The number of aromatic nitrogens is 2. The molecule has 19 heavy (non-hydrogen) atoms. The van der Waals surface area contributed by atoms with Crippen LogP contribution in [0.25, 0.3) is 10.8 Å². The lowest BCUT2D eigenvalue weighted by atomic mass is 10.1. The molecule has 3 aromatic rings. The molecule has 1 heterocycles. The van der Waals surface area contributed by atoms with Gasteiger partial charge in [-0.05, 0) is 23.8 Å². The van der Waals surface area contributed by atoms with Crippen LogP contribution in [0.1, 0.15) is 5.56 Å². The van der Waals surface area contributed by atoms with Crippen molar-refractivity contribution in [1.29, 1.82) is 0 Å². The molecule has 0 aliphatic rings. The summed E-state index contributed by atoms with van der Waals surface area (Å²) in [5.74, 6) is 0.689. The molecule has 94 valence electrons. The van der Waals surface area contributed by atoms with Crippen LogP contribution in [0.2, 0.25) is 0 Å². The minimum atomic E-state index is 0.382. The van der Waals surface area contributed by atoms with Gasteiger partial charge in [0, 0.05) is 10.8 Å². The Bertz CT molecular complexity index is 671. The lowest BCUT2D eigenvalue weighted by molar-refractivity contribution is -0.217. The Kier molecular flexibility index (Phi) is 3.34. The topological polar surface area (TPSA) is 44.2 Å². The van der Waals surface area contributed by atoms with Crippen LogP contribution in [-0.2, 0) is 11.5 Å². The summed E-state index contributed by atoms with van der Waals surface area (Å²) < 4.78 is 0. The average Bonchev–Trinajstić information content (AvgIpc) is 2.48. The van der Waals surface area contributed by atoms with E-state index in [0.717, 1.165) is 16.3 Å². The standard InChI is InChI=1S/C15H12N2O2/c1-2-4-15(5-3-1)19-18-11-12-6-7-13-9-16-17-10-14(13)8-12/h1-10H,11H2. The van der Waals surface area contributed by atoms with E-state index < -0.39 is 0 Å². The van der Waals surface area contributed by atoms with Crippen LogP contribution in [0.15, 0.2) is 60.9 Å². The first-order valence-corrected chi connectivity index (χ1v) is 5.96. The zero-order valence-corrected chi connectivity index (χ0v) is 10.2. The van der Waals surface area contributed by atoms with Crippen molar-refractivity contribution in [3.8, 4) is 5.75 Å². The molecule has 0 atom stereocenters. The summed E-state index contributed by atoms with van der Waals surface area (Å²) in [6, 6.07) is 15.4. The molecule has 4 heteroatoms. The van der Waals surface area contributed by atoms with Crippen LogP contribution in [0.4, 0.5) is 0 Å². The Morgan fingerprint density at radius 1 is 0.842 bits per heavy atom. The summed E-state index contributed by atoms with van der Waals surface area (Å²) in [7, 11) is 0. The summed E-state index contributed by atoms with van der Waals surface area (Å²) in [5, 5.41) is 9.79. The van der Waals surface area contributed by atoms with Gasteiger partial charge in [-0.2, -0.15) is 15.1 Å². The highest BCUT2D eigenvalue weighted by molar-refractivity contribution is 5.81. The molecule has 0 spiro atoms. The molecule has 0 saturated heterocycles. The highest BCUT2D eigenvalue weighted by Crippen LogP contribution is 2.15. The van der Waals surface area contributed by atoms with E-state index in [1.54, 1.807) is 12.4 Å². The van der Waals surface area contributed by atoms with E-state index in [4.69, 9.17) is 9.78 Å². The van der Waals surface area contributed by atoms with E-state index in [0.29, 0.717) is 12.4 Å². The second-order valence-electron chi connectivity index (χ2n) is 4.11. The molecular weight excluding hydrogens is 240 g/mol. The van der Waals surface area contributed by atoms with Gasteiger partial charge in [0.25, 0.3) is 0 Å². The van der Waals surface area contributed by atoms with Crippen LogP contribution in [0.5, 0.6) is 5.75 Å². The van der Waals surface area contributed by atoms with Crippen molar-refractivity contribution in [2.75, 3.05) is 0 Å². The van der Waals surface area contributed by atoms with Crippen molar-refractivity contribution >= 4 is 10.8 Å². The predicted molar refractivity (Wildman–Crippen MR) is 71.4 cm³/mol. The normalized spacial score (nSPS) is 10.5. The minimum Gasteiger partial charge on any atom is -0.337 e.